The van der Waals surface area contributed by atoms with Crippen LogP contribution in [-0.4, -0.2) is 7.05 Å². The minimum absolute atomic E-state index is 0.399. The van der Waals surface area contributed by atoms with Crippen molar-refractivity contribution in [3.63, 3.8) is 0 Å². The Kier molecular flexibility index (Phi) is 3.92. The Labute approximate surface area is 131 Å². The third-order valence-electron chi connectivity index (χ3n) is 3.62. The fourth-order valence-corrected chi connectivity index (χ4v) is 3.94. The molecule has 1 atom stereocenters. The molecule has 0 radical (unpaired) electrons. The Morgan fingerprint density at radius 1 is 1.00 bits per heavy atom. The second kappa shape index (κ2) is 5.68. The van der Waals surface area contributed by atoms with Crippen molar-refractivity contribution in [3.05, 3.63) is 57.9 Å². The normalized spacial score (nSPS) is 12.8. The maximum absolute atomic E-state index is 3.64. The van der Waals surface area contributed by atoms with Gasteiger partial charge in [-0.05, 0) is 48.5 Å². The maximum Gasteiger partial charge on any atom is 0.0383 e. The first-order valence-electron chi connectivity index (χ1n) is 6.65. The highest BCUT2D eigenvalue weighted by Crippen LogP contribution is 2.37. The Morgan fingerprint density at radius 3 is 2.50 bits per heavy atom. The van der Waals surface area contributed by atoms with E-state index in [-0.39, 0.29) is 0 Å². The van der Waals surface area contributed by atoms with Crippen LogP contribution in [0.25, 0.3) is 21.2 Å². The van der Waals surface area contributed by atoms with Gasteiger partial charge in [0.05, 0.1) is 0 Å². The van der Waals surface area contributed by atoms with Gasteiger partial charge in [0.2, 0.25) is 0 Å². The molecule has 1 unspecified atom stereocenters. The van der Waals surface area contributed by atoms with Gasteiger partial charge in [0, 0.05) is 20.3 Å². The van der Waals surface area contributed by atoms with Crippen LogP contribution in [0.5, 0.6) is 0 Å². The van der Waals surface area contributed by atoms with E-state index in [1.807, 2.05) is 18.4 Å². The summed E-state index contributed by atoms with van der Waals surface area (Å²) >= 11 is 5.50. The van der Waals surface area contributed by atoms with Crippen LogP contribution in [0.4, 0.5) is 0 Å². The van der Waals surface area contributed by atoms with Crippen LogP contribution >= 0.6 is 27.3 Å². The lowest BCUT2D eigenvalue weighted by molar-refractivity contribution is 0.664. The molecule has 1 heterocycles. The minimum atomic E-state index is 0.399. The van der Waals surface area contributed by atoms with Gasteiger partial charge in [0.1, 0.15) is 0 Å². The lowest BCUT2D eigenvalue weighted by Crippen LogP contribution is -2.10. The molecule has 0 saturated carbocycles. The van der Waals surface area contributed by atoms with Gasteiger partial charge in [-0.2, -0.15) is 0 Å². The molecular formula is C17H16BrNS. The van der Waals surface area contributed by atoms with Crippen molar-refractivity contribution in [1.82, 2.24) is 5.32 Å². The van der Waals surface area contributed by atoms with Crippen molar-refractivity contribution in [3.8, 4) is 10.4 Å². The second-order valence-electron chi connectivity index (χ2n) is 4.85. The molecule has 0 spiro atoms. The number of halogens is 1. The molecule has 0 aliphatic rings. The van der Waals surface area contributed by atoms with Gasteiger partial charge in [0.15, 0.2) is 0 Å². The predicted molar refractivity (Wildman–Crippen MR) is 92.4 cm³/mol. The molecule has 1 nitrogen and oxygen atoms in total. The summed E-state index contributed by atoms with van der Waals surface area (Å²) in [6.45, 7) is 2.19. The zero-order valence-corrected chi connectivity index (χ0v) is 13.9. The summed E-state index contributed by atoms with van der Waals surface area (Å²) in [5.41, 5.74) is 1.31. The first kappa shape index (κ1) is 13.8. The van der Waals surface area contributed by atoms with Crippen molar-refractivity contribution in [2.45, 2.75) is 13.0 Å². The number of hydrogen-bond acceptors (Lipinski definition) is 2. The highest BCUT2D eigenvalue weighted by molar-refractivity contribution is 9.10. The van der Waals surface area contributed by atoms with Crippen LogP contribution in [-0.2, 0) is 0 Å². The number of nitrogens with one attached hydrogen (secondary N) is 1. The zero-order chi connectivity index (χ0) is 14.1. The van der Waals surface area contributed by atoms with E-state index in [4.69, 9.17) is 0 Å². The molecule has 2 aromatic carbocycles. The van der Waals surface area contributed by atoms with Crippen molar-refractivity contribution in [2.24, 2.45) is 0 Å². The summed E-state index contributed by atoms with van der Waals surface area (Å²) in [7, 11) is 2.00. The molecule has 1 aromatic heterocycles. The summed E-state index contributed by atoms with van der Waals surface area (Å²) in [5.74, 6) is 0. The Hall–Kier alpha value is -1.16. The molecule has 0 bridgehead atoms. The van der Waals surface area contributed by atoms with Gasteiger partial charge in [-0.3, -0.25) is 0 Å². The molecule has 0 fully saturated rings. The van der Waals surface area contributed by atoms with E-state index in [0.29, 0.717) is 6.04 Å². The van der Waals surface area contributed by atoms with E-state index in [9.17, 15) is 0 Å². The van der Waals surface area contributed by atoms with Gasteiger partial charge in [-0.25, -0.2) is 0 Å². The number of benzene rings is 2. The molecular weight excluding hydrogens is 330 g/mol. The average molecular weight is 346 g/mol. The van der Waals surface area contributed by atoms with Crippen molar-refractivity contribution < 1.29 is 0 Å². The van der Waals surface area contributed by atoms with Crippen LogP contribution in [0.3, 0.4) is 0 Å². The first-order valence-corrected chi connectivity index (χ1v) is 8.26. The monoisotopic (exact) mass is 345 g/mol. The highest BCUT2D eigenvalue weighted by Gasteiger charge is 2.11. The molecule has 3 rings (SSSR count). The third-order valence-corrected chi connectivity index (χ3v) is 5.62. The molecule has 20 heavy (non-hydrogen) atoms. The minimum Gasteiger partial charge on any atom is -0.313 e. The second-order valence-corrected chi connectivity index (χ2v) is 6.82. The largest absolute Gasteiger partial charge is 0.313 e. The van der Waals surface area contributed by atoms with Crippen LogP contribution < -0.4 is 5.32 Å². The molecule has 0 amide bonds. The summed E-state index contributed by atoms with van der Waals surface area (Å²) in [5, 5.41) is 5.86. The van der Waals surface area contributed by atoms with E-state index in [1.54, 1.807) is 0 Å². The SMILES string of the molecule is CNC(C)c1ccc(-c2ccc(Br)c3ccccc23)s1. The number of fused-ring (bicyclic) bond motifs is 1. The van der Waals surface area contributed by atoms with Gasteiger partial charge < -0.3 is 5.32 Å². The average Bonchev–Trinajstić information content (AvgIpc) is 2.97. The van der Waals surface area contributed by atoms with Crippen LogP contribution in [0, 0.1) is 0 Å². The fourth-order valence-electron chi connectivity index (χ4n) is 2.35. The van der Waals surface area contributed by atoms with Gasteiger partial charge in [-0.1, -0.05) is 46.3 Å². The third kappa shape index (κ3) is 2.41. The van der Waals surface area contributed by atoms with E-state index in [0.717, 1.165) is 4.47 Å². The first-order chi connectivity index (χ1) is 9.70. The summed E-state index contributed by atoms with van der Waals surface area (Å²) in [6.07, 6.45) is 0. The Balaban J connectivity index is 2.15. The molecule has 0 aliphatic carbocycles. The van der Waals surface area contributed by atoms with Crippen molar-refractivity contribution >= 4 is 38.0 Å². The van der Waals surface area contributed by atoms with E-state index < -0.39 is 0 Å². The smallest absolute Gasteiger partial charge is 0.0383 e. The summed E-state index contributed by atoms with van der Waals surface area (Å²) in [6, 6.07) is 17.7. The Morgan fingerprint density at radius 2 is 1.75 bits per heavy atom. The van der Waals surface area contributed by atoms with Gasteiger partial charge in [-0.15, -0.1) is 11.3 Å². The van der Waals surface area contributed by atoms with Gasteiger partial charge >= 0.3 is 0 Å². The number of rotatable bonds is 3. The van der Waals surface area contributed by atoms with Gasteiger partial charge in [0.25, 0.3) is 0 Å². The van der Waals surface area contributed by atoms with E-state index in [2.05, 4.69) is 76.7 Å². The lowest BCUT2D eigenvalue weighted by Gasteiger charge is -2.08. The van der Waals surface area contributed by atoms with E-state index in [1.165, 1.54) is 26.1 Å². The quantitative estimate of drug-likeness (QED) is 0.650. The molecule has 1 N–H and O–H groups in total. The van der Waals surface area contributed by atoms with Crippen LogP contribution in [0.15, 0.2) is 53.0 Å². The number of hydrogen-bond donors (Lipinski definition) is 1. The zero-order valence-electron chi connectivity index (χ0n) is 11.5. The topological polar surface area (TPSA) is 12.0 Å². The molecule has 3 heteroatoms. The fraction of sp³-hybridized carbons (Fsp3) is 0.176. The molecule has 0 aliphatic heterocycles. The van der Waals surface area contributed by atoms with E-state index >= 15 is 0 Å². The summed E-state index contributed by atoms with van der Waals surface area (Å²) < 4.78 is 1.15. The molecule has 3 aromatic rings. The summed E-state index contributed by atoms with van der Waals surface area (Å²) in [4.78, 5) is 2.69. The maximum atomic E-state index is 3.64. The highest BCUT2D eigenvalue weighted by atomic mass is 79.9. The predicted octanol–water partition coefficient (Wildman–Crippen LogP) is 5.61. The standard InChI is InChI=1S/C17H16BrNS/c1-11(19-2)16-9-10-17(20-16)14-7-8-15(18)13-6-4-3-5-12(13)14/h3-11,19H,1-2H3. The van der Waals surface area contributed by atoms with Crippen LogP contribution in [0.2, 0.25) is 0 Å². The molecule has 0 saturated heterocycles. The lowest BCUT2D eigenvalue weighted by atomic mass is 10.0. The van der Waals surface area contributed by atoms with Crippen LogP contribution in [0.1, 0.15) is 17.8 Å². The number of thiophene rings is 1. The van der Waals surface area contributed by atoms with Crippen molar-refractivity contribution in [1.29, 1.82) is 0 Å². The Bertz CT molecular complexity index is 748. The molecule has 102 valence electrons. The van der Waals surface area contributed by atoms with Crippen molar-refractivity contribution in [2.75, 3.05) is 7.05 Å².